The normalized spacial score (nSPS) is 40.5. The molecule has 2 saturated carbocycles. The molecule has 0 amide bonds. The van der Waals surface area contributed by atoms with Crippen molar-refractivity contribution in [3.63, 3.8) is 0 Å². The van der Waals surface area contributed by atoms with Gasteiger partial charge in [-0.1, -0.05) is 48.6 Å². The Hall–Kier alpha value is -5.00. The van der Waals surface area contributed by atoms with E-state index in [2.05, 4.69) is 107 Å². The molecule has 11 aliphatic rings. The molecule has 66 heavy (non-hydrogen) atoms. The van der Waals surface area contributed by atoms with Crippen LogP contribution in [-0.4, -0.2) is 113 Å². The van der Waals surface area contributed by atoms with Gasteiger partial charge in [0, 0.05) is 71.9 Å². The van der Waals surface area contributed by atoms with E-state index in [0.29, 0.717) is 37.1 Å². The fourth-order valence-corrected chi connectivity index (χ4v) is 18.5. The average Bonchev–Trinajstić information content (AvgIpc) is 3.97. The number of para-hydroxylation sites is 2. The third-order valence-electron chi connectivity index (χ3n) is 20.4. The SMILES string of the molecule is COc1ccc(C[N+]23CC[C@@]45c6ccccc6N6[C@@H]7OCC=C8C[N+]9(Cc%10ccc(OC)c(OC)c%10)CC[C@]%10%11c%12ccccc%12N([C@@H]%12OCC=C(C2)C(C[C@@H]43)C%12[C@H]65)[C@H]%10[C@H]7[C@H]8C[C@@H]%119)cc1OC. The van der Waals surface area contributed by atoms with Gasteiger partial charge in [-0.3, -0.25) is 0 Å². The van der Waals surface area contributed by atoms with Gasteiger partial charge in [0.2, 0.25) is 0 Å². The van der Waals surface area contributed by atoms with E-state index in [-0.39, 0.29) is 47.2 Å². The molecule has 9 aliphatic heterocycles. The molecule has 15 rings (SSSR count). The fraction of sp³-hybridized carbons (Fsp3) is 0.500. The third kappa shape index (κ3) is 4.54. The zero-order valence-electron chi connectivity index (χ0n) is 38.7. The molecular weight excluding hydrogens is 825 g/mol. The standard InChI is InChI=1S/C56H62N4O6/c1-61-43-15-13-33(25-45(43)63-3)29-59-21-19-55-39-9-5-7-11-41(39)57-51(55)49-37(27-47(55)59)35(31-59)17-23-65-53(49)58-42-12-8-6-10-40(42)56-20-22-60(30-34-14-16-44(62-2)46(26-34)64-4)32-36-18-24-66-54(57)50(52(56)58)38(36)28-48(56)60/h5-18,25-26,37-38,47-54H,19-24,27-32H2,1-4H3/q+2/t37-,38?,47-,48-,49+,50?,51-,52-,53+,54+,55+,56+,59?,60?/m0/s1. The summed E-state index contributed by atoms with van der Waals surface area (Å²) in [6.07, 6.45) is 9.71. The van der Waals surface area contributed by atoms with Crippen LogP contribution in [0.5, 0.6) is 23.0 Å². The first kappa shape index (κ1) is 39.0. The monoisotopic (exact) mass is 886 g/mol. The van der Waals surface area contributed by atoms with Gasteiger partial charge >= 0.3 is 0 Å². The molecule has 4 aromatic rings. The van der Waals surface area contributed by atoms with Gasteiger partial charge in [-0.25, -0.2) is 0 Å². The number of ether oxygens (including phenoxy) is 6. The maximum atomic E-state index is 7.70. The topological polar surface area (TPSA) is 61.9 Å². The number of methoxy groups -OCH3 is 4. The Kier molecular flexibility index (Phi) is 7.91. The van der Waals surface area contributed by atoms with Crippen LogP contribution in [0.3, 0.4) is 0 Å². The Labute approximate surface area is 388 Å². The van der Waals surface area contributed by atoms with Crippen molar-refractivity contribution < 1.29 is 37.4 Å². The number of nitrogens with zero attached hydrogens (tertiary/aromatic N) is 4. The van der Waals surface area contributed by atoms with Crippen molar-refractivity contribution in [2.45, 2.75) is 86.2 Å². The van der Waals surface area contributed by atoms with Crippen molar-refractivity contribution in [2.24, 2.45) is 23.7 Å². The van der Waals surface area contributed by atoms with Crippen LogP contribution in [0.15, 0.2) is 108 Å². The summed E-state index contributed by atoms with van der Waals surface area (Å²) in [7, 11) is 6.99. The van der Waals surface area contributed by atoms with Crippen molar-refractivity contribution >= 4 is 11.4 Å². The van der Waals surface area contributed by atoms with Gasteiger partial charge in [0.25, 0.3) is 0 Å². The molecule has 4 unspecified atom stereocenters. The van der Waals surface area contributed by atoms with E-state index < -0.39 is 0 Å². The fourth-order valence-electron chi connectivity index (χ4n) is 18.5. The Morgan fingerprint density at radius 1 is 0.561 bits per heavy atom. The minimum atomic E-state index is -0.0517. The number of anilines is 2. The highest BCUT2D eigenvalue weighted by Gasteiger charge is 2.81. The molecule has 4 bridgehead atoms. The molecule has 5 saturated heterocycles. The van der Waals surface area contributed by atoms with Crippen molar-refractivity contribution in [1.29, 1.82) is 0 Å². The number of hydrogen-bond acceptors (Lipinski definition) is 8. The lowest BCUT2D eigenvalue weighted by atomic mass is 9.52. The van der Waals surface area contributed by atoms with Crippen LogP contribution in [0.25, 0.3) is 0 Å². The first-order valence-corrected chi connectivity index (χ1v) is 24.9. The van der Waals surface area contributed by atoms with Crippen LogP contribution in [0, 0.1) is 23.7 Å². The maximum Gasteiger partial charge on any atom is 0.161 e. The van der Waals surface area contributed by atoms with E-state index in [4.69, 9.17) is 28.4 Å². The van der Waals surface area contributed by atoms with Crippen LogP contribution in [0.1, 0.15) is 47.9 Å². The van der Waals surface area contributed by atoms with Crippen molar-refractivity contribution in [2.75, 3.05) is 77.6 Å². The summed E-state index contributed by atoms with van der Waals surface area (Å²) >= 11 is 0. The van der Waals surface area contributed by atoms with Crippen LogP contribution in [0.2, 0.25) is 0 Å². The average molecular weight is 887 g/mol. The summed E-state index contributed by atoms with van der Waals surface area (Å²) in [5.74, 6) is 4.63. The molecule has 10 heteroatoms. The minimum Gasteiger partial charge on any atom is -0.493 e. The molecule has 14 atom stereocenters. The molecule has 2 spiro atoms. The van der Waals surface area contributed by atoms with Crippen LogP contribution in [-0.2, 0) is 33.4 Å². The van der Waals surface area contributed by atoms with Gasteiger partial charge < -0.3 is 47.2 Å². The lowest BCUT2D eigenvalue weighted by molar-refractivity contribution is -0.955. The Bertz CT molecular complexity index is 2610. The predicted molar refractivity (Wildman–Crippen MR) is 251 cm³/mol. The summed E-state index contributed by atoms with van der Waals surface area (Å²) in [5, 5.41) is 0. The summed E-state index contributed by atoms with van der Waals surface area (Å²) in [5.41, 5.74) is 11.8. The van der Waals surface area contributed by atoms with Crippen LogP contribution in [0.4, 0.5) is 11.4 Å². The summed E-state index contributed by atoms with van der Waals surface area (Å²) in [4.78, 5) is 5.95. The van der Waals surface area contributed by atoms with E-state index in [1.807, 2.05) is 0 Å². The maximum absolute atomic E-state index is 7.70. The predicted octanol–water partition coefficient (Wildman–Crippen LogP) is 7.73. The molecule has 0 radical (unpaired) electrons. The van der Waals surface area contributed by atoms with Gasteiger partial charge in [-0.15, -0.1) is 0 Å². The first-order valence-electron chi connectivity index (χ1n) is 24.9. The lowest BCUT2D eigenvalue weighted by Crippen LogP contribution is -2.78. The largest absolute Gasteiger partial charge is 0.493 e. The molecular formula is C56H62N4O6+2. The second kappa shape index (κ2) is 13.4. The molecule has 2 aliphatic carbocycles. The van der Waals surface area contributed by atoms with Crippen molar-refractivity contribution in [3.8, 4) is 23.0 Å². The summed E-state index contributed by atoms with van der Waals surface area (Å²) < 4.78 is 40.8. The molecule has 340 valence electrons. The second-order valence-corrected chi connectivity index (χ2v) is 22.1. The highest BCUT2D eigenvalue weighted by atomic mass is 16.5. The number of benzene rings is 4. The van der Waals surface area contributed by atoms with Gasteiger partial charge in [-0.05, 0) is 70.8 Å². The number of hydrogen-bond donors (Lipinski definition) is 0. The molecule has 9 heterocycles. The minimum absolute atomic E-state index is 0.0376. The number of piperidine rings is 2. The molecule has 0 N–H and O–H groups in total. The Balaban J connectivity index is 0.924. The lowest BCUT2D eigenvalue weighted by Gasteiger charge is -2.65. The quantitative estimate of drug-likeness (QED) is 0.132. The van der Waals surface area contributed by atoms with E-state index in [1.54, 1.807) is 50.7 Å². The van der Waals surface area contributed by atoms with E-state index >= 15 is 0 Å². The Morgan fingerprint density at radius 3 is 1.44 bits per heavy atom. The van der Waals surface area contributed by atoms with E-state index in [1.165, 1.54) is 48.2 Å². The second-order valence-electron chi connectivity index (χ2n) is 22.1. The smallest absolute Gasteiger partial charge is 0.161 e. The number of quaternary nitrogens is 2. The van der Waals surface area contributed by atoms with E-state index in [9.17, 15) is 0 Å². The van der Waals surface area contributed by atoms with Gasteiger partial charge in [0.15, 0.2) is 23.0 Å². The van der Waals surface area contributed by atoms with Crippen LogP contribution >= 0.6 is 0 Å². The molecule has 10 nitrogen and oxygen atoms in total. The first-order chi connectivity index (χ1) is 32.4. The third-order valence-corrected chi connectivity index (χ3v) is 20.4. The highest BCUT2D eigenvalue weighted by molar-refractivity contribution is 5.72. The number of fused-ring (bicyclic) bond motifs is 6. The summed E-state index contributed by atoms with van der Waals surface area (Å²) in [6, 6.07) is 34.1. The van der Waals surface area contributed by atoms with Gasteiger partial charge in [-0.2, -0.15) is 0 Å². The van der Waals surface area contributed by atoms with Gasteiger partial charge in [0.1, 0.15) is 50.7 Å². The highest BCUT2D eigenvalue weighted by Crippen LogP contribution is 2.73. The van der Waals surface area contributed by atoms with Crippen molar-refractivity contribution in [1.82, 2.24) is 0 Å². The molecule has 7 fully saturated rings. The zero-order chi connectivity index (χ0) is 43.9. The number of rotatable bonds is 8. The van der Waals surface area contributed by atoms with E-state index in [0.717, 1.165) is 71.2 Å². The summed E-state index contributed by atoms with van der Waals surface area (Å²) in [6.45, 7) is 7.73. The molecule has 4 aromatic carbocycles. The van der Waals surface area contributed by atoms with Gasteiger partial charge in [0.05, 0.1) is 77.7 Å². The Morgan fingerprint density at radius 2 is 1.00 bits per heavy atom. The zero-order valence-corrected chi connectivity index (χ0v) is 38.7. The van der Waals surface area contributed by atoms with Crippen LogP contribution < -0.4 is 28.7 Å². The molecule has 0 aromatic heterocycles. The van der Waals surface area contributed by atoms with Crippen molar-refractivity contribution in [3.05, 3.63) is 130 Å².